The lowest BCUT2D eigenvalue weighted by molar-refractivity contribution is 0.0520. The average Bonchev–Trinajstić information content (AvgIpc) is 3.51. The zero-order valence-electron chi connectivity index (χ0n) is 17.0. The van der Waals surface area contributed by atoms with Gasteiger partial charge >= 0.3 is 5.97 Å². The maximum Gasteiger partial charge on any atom is 0.361 e. The highest BCUT2D eigenvalue weighted by Crippen LogP contribution is 2.40. The zero-order chi connectivity index (χ0) is 21.4. The van der Waals surface area contributed by atoms with Crippen molar-refractivity contribution in [1.82, 2.24) is 14.5 Å². The number of aryl methyl sites for hydroxylation is 1. The van der Waals surface area contributed by atoms with Crippen LogP contribution in [0, 0.1) is 0 Å². The average molecular weight is 413 g/mol. The minimum Gasteiger partial charge on any atom is -0.461 e. The Labute approximate surface area is 177 Å². The molecule has 0 amide bonds. The zero-order valence-corrected chi connectivity index (χ0v) is 17.0. The van der Waals surface area contributed by atoms with Gasteiger partial charge in [-0.3, -0.25) is 0 Å². The molecule has 0 saturated carbocycles. The number of ether oxygens (including phenoxy) is 1. The summed E-state index contributed by atoms with van der Waals surface area (Å²) in [5.74, 6) is 0.564. The fourth-order valence-electron chi connectivity index (χ4n) is 3.64. The summed E-state index contributed by atoms with van der Waals surface area (Å²) in [7, 11) is 1.97. The van der Waals surface area contributed by atoms with Gasteiger partial charge in [-0.25, -0.2) is 14.8 Å². The smallest absolute Gasteiger partial charge is 0.361 e. The highest BCUT2D eigenvalue weighted by molar-refractivity contribution is 6.00. The van der Waals surface area contributed by atoms with E-state index in [0.717, 1.165) is 22.0 Å². The molecular weight excluding hydrogens is 394 g/mol. The second kappa shape index (κ2) is 7.60. The molecule has 2 aromatic carbocycles. The van der Waals surface area contributed by atoms with Crippen LogP contribution in [0.15, 0.2) is 76.0 Å². The minimum absolute atomic E-state index is 0.0660. The number of hydrogen-bond donors (Lipinski definition) is 0. The lowest BCUT2D eigenvalue weighted by Crippen LogP contribution is -2.06. The normalized spacial score (nSPS) is 11.2. The summed E-state index contributed by atoms with van der Waals surface area (Å²) in [4.78, 5) is 21.2. The lowest BCUT2D eigenvalue weighted by atomic mass is 10.1. The van der Waals surface area contributed by atoms with Gasteiger partial charge in [-0.1, -0.05) is 36.4 Å². The summed E-state index contributed by atoms with van der Waals surface area (Å²) in [6, 6.07) is 17.6. The Bertz CT molecular complexity index is 1380. The van der Waals surface area contributed by atoms with E-state index in [1.807, 2.05) is 72.4 Å². The van der Waals surface area contributed by atoms with Gasteiger partial charge in [-0.2, -0.15) is 0 Å². The van der Waals surface area contributed by atoms with Crippen LogP contribution in [0.2, 0.25) is 0 Å². The van der Waals surface area contributed by atoms with Gasteiger partial charge in [0.05, 0.1) is 6.61 Å². The van der Waals surface area contributed by atoms with Crippen molar-refractivity contribution < 1.29 is 18.4 Å². The molecule has 0 fully saturated rings. The molecule has 0 aliphatic carbocycles. The van der Waals surface area contributed by atoms with E-state index in [2.05, 4.69) is 4.98 Å². The number of rotatable bonds is 5. The van der Waals surface area contributed by atoms with E-state index < -0.39 is 5.97 Å². The predicted octanol–water partition coefficient (Wildman–Crippen LogP) is 5.33. The van der Waals surface area contributed by atoms with Crippen molar-refractivity contribution in [3.8, 4) is 34.2 Å². The van der Waals surface area contributed by atoms with Crippen molar-refractivity contribution in [3.63, 3.8) is 0 Å². The SMILES string of the molecule is CCOC(=O)c1ncoc1-c1nc(-c2ccccc2)oc1-c1cn(C)c2ccccc12. The summed E-state index contributed by atoms with van der Waals surface area (Å²) >= 11 is 0. The second-order valence-electron chi connectivity index (χ2n) is 6.98. The van der Waals surface area contributed by atoms with Gasteiger partial charge in [0, 0.05) is 35.3 Å². The van der Waals surface area contributed by atoms with Crippen molar-refractivity contribution in [2.75, 3.05) is 6.61 Å². The number of fused-ring (bicyclic) bond motifs is 1. The monoisotopic (exact) mass is 413 g/mol. The molecule has 3 heterocycles. The molecule has 0 N–H and O–H groups in total. The lowest BCUT2D eigenvalue weighted by Gasteiger charge is -2.01. The van der Waals surface area contributed by atoms with Crippen LogP contribution in [0.3, 0.4) is 0 Å². The molecule has 5 rings (SSSR count). The maximum absolute atomic E-state index is 12.4. The van der Waals surface area contributed by atoms with E-state index >= 15 is 0 Å². The first-order valence-electron chi connectivity index (χ1n) is 9.89. The Morgan fingerprint density at radius 3 is 2.65 bits per heavy atom. The third kappa shape index (κ3) is 3.20. The van der Waals surface area contributed by atoms with Crippen molar-refractivity contribution in [1.29, 1.82) is 0 Å². The van der Waals surface area contributed by atoms with Crippen LogP contribution in [0.4, 0.5) is 0 Å². The Hall–Kier alpha value is -4.13. The van der Waals surface area contributed by atoms with Crippen molar-refractivity contribution in [2.24, 2.45) is 7.05 Å². The van der Waals surface area contributed by atoms with Gasteiger partial charge in [-0.15, -0.1) is 0 Å². The molecule has 7 heteroatoms. The molecule has 0 radical (unpaired) electrons. The van der Waals surface area contributed by atoms with E-state index in [1.165, 1.54) is 6.39 Å². The topological polar surface area (TPSA) is 83.3 Å². The molecular formula is C24H19N3O4. The van der Waals surface area contributed by atoms with Crippen molar-refractivity contribution >= 4 is 16.9 Å². The molecule has 31 heavy (non-hydrogen) atoms. The second-order valence-corrected chi connectivity index (χ2v) is 6.98. The number of esters is 1. The molecule has 5 aromatic rings. The van der Waals surface area contributed by atoms with Gasteiger partial charge in [0.25, 0.3) is 0 Å². The van der Waals surface area contributed by atoms with Gasteiger partial charge in [0.2, 0.25) is 5.89 Å². The summed E-state index contributed by atoms with van der Waals surface area (Å²) in [6.07, 6.45) is 3.19. The molecule has 7 nitrogen and oxygen atoms in total. The van der Waals surface area contributed by atoms with Crippen LogP contribution in [0.1, 0.15) is 17.4 Å². The Kier molecular flexibility index (Phi) is 4.63. The standard InChI is InChI=1S/C24H19N3O4/c1-3-29-24(28)20-22(30-14-25-20)19-21(31-23(26-19)15-9-5-4-6-10-15)17-13-27(2)18-12-8-7-11-16(17)18/h4-14H,3H2,1-2H3. The number of benzene rings is 2. The summed E-state index contributed by atoms with van der Waals surface area (Å²) < 4.78 is 19.0. The van der Waals surface area contributed by atoms with Gasteiger partial charge in [0.1, 0.15) is 0 Å². The van der Waals surface area contributed by atoms with Crippen molar-refractivity contribution in [2.45, 2.75) is 6.92 Å². The molecule has 0 unspecified atom stereocenters. The van der Waals surface area contributed by atoms with Gasteiger partial charge < -0.3 is 18.1 Å². The molecule has 0 spiro atoms. The first-order chi connectivity index (χ1) is 15.2. The maximum atomic E-state index is 12.4. The number of oxazole rings is 2. The van der Waals surface area contributed by atoms with Crippen LogP contribution in [0.25, 0.3) is 45.1 Å². The van der Waals surface area contributed by atoms with Gasteiger partial charge in [-0.05, 0) is 25.1 Å². The minimum atomic E-state index is -0.570. The molecule has 0 saturated heterocycles. The third-order valence-corrected chi connectivity index (χ3v) is 5.04. The Balaban J connectivity index is 1.76. The van der Waals surface area contributed by atoms with Crippen LogP contribution in [-0.2, 0) is 11.8 Å². The van der Waals surface area contributed by atoms with Gasteiger partial charge in [0.15, 0.2) is 29.3 Å². The fraction of sp³-hybridized carbons (Fsp3) is 0.125. The van der Waals surface area contributed by atoms with Crippen molar-refractivity contribution in [3.05, 3.63) is 72.9 Å². The van der Waals surface area contributed by atoms with E-state index in [9.17, 15) is 4.79 Å². The van der Waals surface area contributed by atoms with E-state index in [0.29, 0.717) is 17.3 Å². The first-order valence-corrected chi connectivity index (χ1v) is 9.89. The molecule has 0 atom stereocenters. The predicted molar refractivity (Wildman–Crippen MR) is 115 cm³/mol. The molecule has 0 bridgehead atoms. The quantitative estimate of drug-likeness (QED) is 0.362. The fourth-order valence-corrected chi connectivity index (χ4v) is 3.64. The first kappa shape index (κ1) is 18.9. The van der Waals surface area contributed by atoms with Crippen LogP contribution in [-0.4, -0.2) is 27.1 Å². The molecule has 3 aromatic heterocycles. The van der Waals surface area contributed by atoms with E-state index in [-0.39, 0.29) is 18.1 Å². The number of carbonyl (C=O) groups is 1. The Morgan fingerprint density at radius 2 is 1.84 bits per heavy atom. The molecule has 0 aliphatic rings. The Morgan fingerprint density at radius 1 is 1.06 bits per heavy atom. The number of hydrogen-bond acceptors (Lipinski definition) is 6. The third-order valence-electron chi connectivity index (χ3n) is 5.04. The highest BCUT2D eigenvalue weighted by atomic mass is 16.5. The van der Waals surface area contributed by atoms with Crippen LogP contribution >= 0.6 is 0 Å². The van der Waals surface area contributed by atoms with E-state index in [1.54, 1.807) is 6.92 Å². The highest BCUT2D eigenvalue weighted by Gasteiger charge is 2.28. The number of carbonyl (C=O) groups excluding carboxylic acids is 1. The molecule has 154 valence electrons. The largest absolute Gasteiger partial charge is 0.461 e. The summed E-state index contributed by atoms with van der Waals surface area (Å²) in [5, 5.41) is 0.999. The number of aromatic nitrogens is 3. The summed E-state index contributed by atoms with van der Waals surface area (Å²) in [5.41, 5.74) is 3.16. The number of nitrogens with zero attached hydrogens (tertiary/aromatic N) is 3. The summed E-state index contributed by atoms with van der Waals surface area (Å²) in [6.45, 7) is 1.97. The molecule has 0 aliphatic heterocycles. The van der Waals surface area contributed by atoms with Crippen LogP contribution in [0.5, 0.6) is 0 Å². The number of para-hydroxylation sites is 1. The van der Waals surface area contributed by atoms with Crippen LogP contribution < -0.4 is 0 Å². The van der Waals surface area contributed by atoms with E-state index in [4.69, 9.17) is 18.6 Å².